The van der Waals surface area contributed by atoms with Crippen molar-refractivity contribution in [3.8, 4) is 11.6 Å². The summed E-state index contributed by atoms with van der Waals surface area (Å²) >= 11 is 0. The molecule has 1 saturated heterocycles. The van der Waals surface area contributed by atoms with Crippen LogP contribution in [-0.4, -0.2) is 36.1 Å². The van der Waals surface area contributed by atoms with Gasteiger partial charge >= 0.3 is 5.97 Å². The lowest BCUT2D eigenvalue weighted by Crippen LogP contribution is -2.34. The number of carbonyl (C=O) groups excluding carboxylic acids is 1. The summed E-state index contributed by atoms with van der Waals surface area (Å²) in [4.78, 5) is 22.1. The number of benzene rings is 1. The van der Waals surface area contributed by atoms with E-state index in [2.05, 4.69) is 26.5 Å². The first kappa shape index (κ1) is 17.0. The highest BCUT2D eigenvalue weighted by molar-refractivity contribution is 5.89. The molecule has 132 valence electrons. The van der Waals surface area contributed by atoms with E-state index < -0.39 is 5.97 Å². The van der Waals surface area contributed by atoms with E-state index >= 15 is 0 Å². The molecule has 0 radical (unpaired) electrons. The molecule has 2 aromatic rings. The minimum absolute atomic E-state index is 0.314. The lowest BCUT2D eigenvalue weighted by molar-refractivity contribution is 0.0600. The topological polar surface area (TPSA) is 90.6 Å². The molecule has 0 amide bonds. The number of methoxy groups -OCH3 is 1. The molecular weight excluding hydrogens is 320 g/mol. The standard InChI is InChI=1S/C18H22N4O3/c1-12-7-9-22(10-8-12)16-15(19)17(21-11-20-16)25-14-5-3-13(4-6-14)18(23)24-2/h3-6,11-12H,7-10,19H2,1-2H3. The van der Waals surface area contributed by atoms with E-state index in [1.807, 2.05) is 0 Å². The van der Waals surface area contributed by atoms with E-state index in [0.717, 1.165) is 31.8 Å². The number of piperidine rings is 1. The summed E-state index contributed by atoms with van der Waals surface area (Å²) < 4.78 is 10.5. The fraction of sp³-hybridized carbons (Fsp3) is 0.389. The van der Waals surface area contributed by atoms with E-state index in [1.54, 1.807) is 24.3 Å². The van der Waals surface area contributed by atoms with Crippen molar-refractivity contribution >= 4 is 17.5 Å². The molecule has 2 heterocycles. The zero-order valence-corrected chi connectivity index (χ0v) is 14.4. The first-order chi connectivity index (χ1) is 12.1. The third-order valence-corrected chi connectivity index (χ3v) is 4.40. The molecule has 1 aromatic heterocycles. The largest absolute Gasteiger partial charge is 0.465 e. The second kappa shape index (κ2) is 7.38. The molecule has 25 heavy (non-hydrogen) atoms. The molecule has 1 aliphatic rings. The minimum Gasteiger partial charge on any atom is -0.465 e. The maximum Gasteiger partial charge on any atom is 0.337 e. The predicted molar refractivity (Wildman–Crippen MR) is 94.9 cm³/mol. The lowest BCUT2D eigenvalue weighted by Gasteiger charge is -2.31. The summed E-state index contributed by atoms with van der Waals surface area (Å²) in [6, 6.07) is 6.61. The number of nitrogens with two attached hydrogens (primary N) is 1. The average Bonchev–Trinajstić information content (AvgIpc) is 2.64. The molecule has 0 saturated carbocycles. The van der Waals surface area contributed by atoms with Crippen molar-refractivity contribution in [3.05, 3.63) is 36.2 Å². The third-order valence-electron chi connectivity index (χ3n) is 4.40. The van der Waals surface area contributed by atoms with Crippen LogP contribution in [0.4, 0.5) is 11.5 Å². The first-order valence-electron chi connectivity index (χ1n) is 8.30. The molecule has 0 atom stereocenters. The van der Waals surface area contributed by atoms with Crippen molar-refractivity contribution in [1.29, 1.82) is 0 Å². The van der Waals surface area contributed by atoms with Crippen molar-refractivity contribution in [1.82, 2.24) is 9.97 Å². The van der Waals surface area contributed by atoms with Crippen molar-refractivity contribution in [3.63, 3.8) is 0 Å². The number of anilines is 2. The van der Waals surface area contributed by atoms with Gasteiger partial charge < -0.3 is 20.1 Å². The van der Waals surface area contributed by atoms with E-state index in [4.69, 9.17) is 10.5 Å². The molecule has 1 aromatic carbocycles. The van der Waals surface area contributed by atoms with Gasteiger partial charge in [-0.05, 0) is 43.0 Å². The minimum atomic E-state index is -0.394. The summed E-state index contributed by atoms with van der Waals surface area (Å²) in [7, 11) is 1.34. The molecule has 7 nitrogen and oxygen atoms in total. The Labute approximate surface area is 146 Å². The lowest BCUT2D eigenvalue weighted by atomic mass is 9.99. The number of ether oxygens (including phenoxy) is 2. The van der Waals surface area contributed by atoms with Gasteiger partial charge in [-0.1, -0.05) is 6.92 Å². The third kappa shape index (κ3) is 3.81. The van der Waals surface area contributed by atoms with Crippen LogP contribution in [0.5, 0.6) is 11.6 Å². The summed E-state index contributed by atoms with van der Waals surface area (Å²) in [6.07, 6.45) is 3.70. The van der Waals surface area contributed by atoms with Gasteiger partial charge in [-0.2, -0.15) is 4.98 Å². The molecule has 2 N–H and O–H groups in total. The Morgan fingerprint density at radius 1 is 1.20 bits per heavy atom. The summed E-state index contributed by atoms with van der Waals surface area (Å²) in [6.45, 7) is 4.11. The Bertz CT molecular complexity index is 740. The number of nitrogen functional groups attached to an aromatic ring is 1. The second-order valence-corrected chi connectivity index (χ2v) is 6.20. The molecule has 0 bridgehead atoms. The Hall–Kier alpha value is -2.83. The van der Waals surface area contributed by atoms with Gasteiger partial charge in [-0.25, -0.2) is 9.78 Å². The van der Waals surface area contributed by atoms with Crippen LogP contribution >= 0.6 is 0 Å². The molecule has 7 heteroatoms. The Kier molecular flexibility index (Phi) is 5.02. The first-order valence-corrected chi connectivity index (χ1v) is 8.30. The number of aromatic nitrogens is 2. The average molecular weight is 342 g/mol. The highest BCUT2D eigenvalue weighted by Crippen LogP contribution is 2.33. The summed E-state index contributed by atoms with van der Waals surface area (Å²) in [5, 5.41) is 0. The number of hydrogen-bond donors (Lipinski definition) is 1. The Balaban J connectivity index is 1.77. The second-order valence-electron chi connectivity index (χ2n) is 6.20. The van der Waals surface area contributed by atoms with Gasteiger partial charge in [0.05, 0.1) is 12.7 Å². The van der Waals surface area contributed by atoms with Gasteiger partial charge in [0.1, 0.15) is 17.8 Å². The fourth-order valence-corrected chi connectivity index (χ4v) is 2.81. The fourth-order valence-electron chi connectivity index (χ4n) is 2.81. The number of esters is 1. The predicted octanol–water partition coefficient (Wildman–Crippen LogP) is 2.87. The van der Waals surface area contributed by atoms with Crippen LogP contribution < -0.4 is 15.4 Å². The van der Waals surface area contributed by atoms with Gasteiger partial charge in [-0.3, -0.25) is 0 Å². The van der Waals surface area contributed by atoms with Crippen LogP contribution in [0.25, 0.3) is 0 Å². The number of carbonyl (C=O) groups is 1. The highest BCUT2D eigenvalue weighted by atomic mass is 16.5. The smallest absolute Gasteiger partial charge is 0.337 e. The maximum absolute atomic E-state index is 11.5. The summed E-state index contributed by atoms with van der Waals surface area (Å²) in [5.41, 5.74) is 7.11. The van der Waals surface area contributed by atoms with E-state index in [0.29, 0.717) is 28.7 Å². The monoisotopic (exact) mass is 342 g/mol. The van der Waals surface area contributed by atoms with Gasteiger partial charge in [-0.15, -0.1) is 0 Å². The van der Waals surface area contributed by atoms with Gasteiger partial charge in [0.25, 0.3) is 0 Å². The number of rotatable bonds is 4. The highest BCUT2D eigenvalue weighted by Gasteiger charge is 2.21. The van der Waals surface area contributed by atoms with Crippen LogP contribution in [0.2, 0.25) is 0 Å². The zero-order chi connectivity index (χ0) is 17.8. The maximum atomic E-state index is 11.5. The Morgan fingerprint density at radius 3 is 2.52 bits per heavy atom. The van der Waals surface area contributed by atoms with E-state index in [9.17, 15) is 4.79 Å². The van der Waals surface area contributed by atoms with E-state index in [-0.39, 0.29) is 0 Å². The quantitative estimate of drug-likeness (QED) is 0.854. The van der Waals surface area contributed by atoms with Crippen molar-refractivity contribution < 1.29 is 14.3 Å². The van der Waals surface area contributed by atoms with Gasteiger partial charge in [0.15, 0.2) is 5.82 Å². The van der Waals surface area contributed by atoms with Crippen molar-refractivity contribution in [2.45, 2.75) is 19.8 Å². The molecule has 0 unspecified atom stereocenters. The van der Waals surface area contributed by atoms with Crippen molar-refractivity contribution in [2.75, 3.05) is 30.8 Å². The van der Waals surface area contributed by atoms with Crippen molar-refractivity contribution in [2.24, 2.45) is 5.92 Å². The van der Waals surface area contributed by atoms with Crippen LogP contribution in [0.15, 0.2) is 30.6 Å². The van der Waals surface area contributed by atoms with Crippen LogP contribution in [0.1, 0.15) is 30.1 Å². The van der Waals surface area contributed by atoms with Crippen LogP contribution in [0, 0.1) is 5.92 Å². The van der Waals surface area contributed by atoms with Gasteiger partial charge in [0.2, 0.25) is 5.88 Å². The molecule has 0 spiro atoms. The SMILES string of the molecule is COC(=O)c1ccc(Oc2ncnc(N3CCC(C)CC3)c2N)cc1. The normalized spacial score (nSPS) is 15.0. The summed E-state index contributed by atoms with van der Waals surface area (Å²) in [5.74, 6) is 1.90. The zero-order valence-electron chi connectivity index (χ0n) is 14.4. The van der Waals surface area contributed by atoms with Crippen LogP contribution in [0.3, 0.4) is 0 Å². The molecule has 1 aliphatic heterocycles. The van der Waals surface area contributed by atoms with Crippen LogP contribution in [-0.2, 0) is 4.74 Å². The Morgan fingerprint density at radius 2 is 1.88 bits per heavy atom. The van der Waals surface area contributed by atoms with Gasteiger partial charge in [0, 0.05) is 13.1 Å². The molecule has 1 fully saturated rings. The molecule has 0 aliphatic carbocycles. The number of hydrogen-bond acceptors (Lipinski definition) is 7. The molecule has 3 rings (SSSR count). The number of nitrogens with zero attached hydrogens (tertiary/aromatic N) is 3. The van der Waals surface area contributed by atoms with E-state index in [1.165, 1.54) is 13.4 Å². The molecular formula is C18H22N4O3.